The van der Waals surface area contributed by atoms with Crippen molar-refractivity contribution in [1.82, 2.24) is 19.9 Å². The molecular weight excluding hydrogens is 354 g/mol. The second-order valence-corrected chi connectivity index (χ2v) is 6.65. The van der Waals surface area contributed by atoms with Crippen molar-refractivity contribution < 1.29 is 9.21 Å². The smallest absolute Gasteiger partial charge is 0.310 e. The molecule has 0 saturated carbocycles. The van der Waals surface area contributed by atoms with Gasteiger partial charge in [0.2, 0.25) is 0 Å². The zero-order valence-electron chi connectivity index (χ0n) is 15.0. The zero-order valence-corrected chi connectivity index (χ0v) is 15.0. The van der Waals surface area contributed by atoms with Gasteiger partial charge in [-0.25, -0.2) is 9.97 Å². The molecule has 7 heteroatoms. The fraction of sp³-hybridized carbons (Fsp3) is 0.143. The highest BCUT2D eigenvalue weighted by molar-refractivity contribution is 5.89. The lowest BCUT2D eigenvalue weighted by Crippen LogP contribution is -2.36. The normalized spacial score (nSPS) is 13.4. The van der Waals surface area contributed by atoms with Crippen LogP contribution in [0.4, 0.5) is 11.5 Å². The van der Waals surface area contributed by atoms with Crippen molar-refractivity contribution in [3.63, 3.8) is 0 Å². The van der Waals surface area contributed by atoms with E-state index in [1.165, 1.54) is 12.5 Å². The first-order valence-corrected chi connectivity index (χ1v) is 9.05. The predicted octanol–water partition coefficient (Wildman–Crippen LogP) is 3.56. The second kappa shape index (κ2) is 6.77. The molecule has 0 atom stereocenters. The molecule has 0 bridgehead atoms. The monoisotopic (exact) mass is 371 g/mol. The Morgan fingerprint density at radius 2 is 2.04 bits per heavy atom. The van der Waals surface area contributed by atoms with E-state index in [0.29, 0.717) is 19.5 Å². The van der Waals surface area contributed by atoms with Crippen molar-refractivity contribution in [2.75, 3.05) is 11.9 Å². The highest BCUT2D eigenvalue weighted by Crippen LogP contribution is 2.28. The fourth-order valence-electron chi connectivity index (χ4n) is 3.51. The first-order chi connectivity index (χ1) is 13.8. The number of carbonyl (C=O) groups excluding carboxylic acids is 1. The van der Waals surface area contributed by atoms with Crippen molar-refractivity contribution in [2.24, 2.45) is 0 Å². The molecule has 1 N–H and O–H groups in total. The quantitative estimate of drug-likeness (QED) is 0.593. The summed E-state index contributed by atoms with van der Waals surface area (Å²) in [7, 11) is 0. The van der Waals surface area contributed by atoms with Crippen molar-refractivity contribution >= 4 is 28.3 Å². The summed E-state index contributed by atoms with van der Waals surface area (Å²) in [6, 6.07) is 12.0. The standard InChI is InChI=1S/C21H17N5O2/c27-21(20-23-8-10-28-20)26-9-6-17-15(13-26)5-7-22-19(17)25-16-11-14-3-1-2-4-18(14)24-12-16/h1-5,7-8,10-12H,6,9,13H2,(H,22,25). The van der Waals surface area contributed by atoms with Crippen LogP contribution in [0.15, 0.2) is 65.7 Å². The van der Waals surface area contributed by atoms with E-state index in [9.17, 15) is 4.79 Å². The average Bonchev–Trinajstić information content (AvgIpc) is 3.28. The van der Waals surface area contributed by atoms with E-state index in [1.807, 2.05) is 36.5 Å². The van der Waals surface area contributed by atoms with Gasteiger partial charge in [-0.05, 0) is 30.2 Å². The molecule has 5 rings (SSSR count). The molecule has 4 aromatic rings. The molecule has 4 heterocycles. The number of aromatic nitrogens is 3. The number of benzene rings is 1. The largest absolute Gasteiger partial charge is 0.441 e. The highest BCUT2D eigenvalue weighted by Gasteiger charge is 2.26. The molecule has 1 amide bonds. The molecular formula is C21H17N5O2. The van der Waals surface area contributed by atoms with Crippen LogP contribution in [0.25, 0.3) is 10.9 Å². The molecule has 0 saturated heterocycles. The number of para-hydroxylation sites is 1. The van der Waals surface area contributed by atoms with Crippen LogP contribution in [0.2, 0.25) is 0 Å². The van der Waals surface area contributed by atoms with Gasteiger partial charge in [-0.15, -0.1) is 0 Å². The van der Waals surface area contributed by atoms with Gasteiger partial charge < -0.3 is 14.6 Å². The number of rotatable bonds is 3. The summed E-state index contributed by atoms with van der Waals surface area (Å²) >= 11 is 0. The molecule has 0 unspecified atom stereocenters. The third kappa shape index (κ3) is 2.96. The van der Waals surface area contributed by atoms with Crippen LogP contribution in [-0.4, -0.2) is 32.3 Å². The molecule has 1 aliphatic rings. The van der Waals surface area contributed by atoms with Crippen LogP contribution >= 0.6 is 0 Å². The van der Waals surface area contributed by atoms with E-state index in [0.717, 1.165) is 33.5 Å². The molecule has 1 aliphatic heterocycles. The van der Waals surface area contributed by atoms with Crippen LogP contribution in [-0.2, 0) is 13.0 Å². The Kier molecular flexibility index (Phi) is 3.97. The van der Waals surface area contributed by atoms with Crippen molar-refractivity contribution in [3.8, 4) is 0 Å². The van der Waals surface area contributed by atoms with Crippen LogP contribution in [0.5, 0.6) is 0 Å². The van der Waals surface area contributed by atoms with E-state index >= 15 is 0 Å². The summed E-state index contributed by atoms with van der Waals surface area (Å²) in [5, 5.41) is 4.46. The average molecular weight is 371 g/mol. The number of fused-ring (bicyclic) bond motifs is 2. The van der Waals surface area contributed by atoms with Gasteiger partial charge in [-0.3, -0.25) is 9.78 Å². The van der Waals surface area contributed by atoms with E-state index in [1.54, 1.807) is 11.1 Å². The molecule has 7 nitrogen and oxygen atoms in total. The Morgan fingerprint density at radius 3 is 2.93 bits per heavy atom. The number of oxazole rings is 1. The van der Waals surface area contributed by atoms with E-state index in [2.05, 4.69) is 26.3 Å². The maximum atomic E-state index is 12.5. The number of nitrogens with one attached hydrogen (secondary N) is 1. The maximum Gasteiger partial charge on any atom is 0.310 e. The number of hydrogen-bond acceptors (Lipinski definition) is 6. The van der Waals surface area contributed by atoms with E-state index in [-0.39, 0.29) is 11.8 Å². The lowest BCUT2D eigenvalue weighted by Gasteiger charge is -2.29. The lowest BCUT2D eigenvalue weighted by atomic mass is 10.0. The molecule has 3 aromatic heterocycles. The van der Waals surface area contributed by atoms with Gasteiger partial charge in [-0.2, -0.15) is 0 Å². The second-order valence-electron chi connectivity index (χ2n) is 6.65. The third-order valence-electron chi connectivity index (χ3n) is 4.90. The number of amides is 1. The number of pyridine rings is 2. The Balaban J connectivity index is 1.40. The molecule has 0 spiro atoms. The molecule has 1 aromatic carbocycles. The topological polar surface area (TPSA) is 84.2 Å². The van der Waals surface area contributed by atoms with Crippen molar-refractivity contribution in [1.29, 1.82) is 0 Å². The van der Waals surface area contributed by atoms with Gasteiger partial charge in [-0.1, -0.05) is 18.2 Å². The summed E-state index contributed by atoms with van der Waals surface area (Å²) in [5.74, 6) is 0.733. The molecule has 138 valence electrons. The highest BCUT2D eigenvalue weighted by atomic mass is 16.4. The number of anilines is 2. The zero-order chi connectivity index (χ0) is 18.9. The van der Waals surface area contributed by atoms with Gasteiger partial charge >= 0.3 is 5.91 Å². The molecule has 0 radical (unpaired) electrons. The first-order valence-electron chi connectivity index (χ1n) is 9.05. The SMILES string of the molecule is O=C(c1ncco1)N1CCc2c(ccnc2Nc2cnc3ccccc3c2)C1. The number of carbonyl (C=O) groups is 1. The molecule has 0 aliphatic carbocycles. The molecule has 28 heavy (non-hydrogen) atoms. The summed E-state index contributed by atoms with van der Waals surface area (Å²) in [6.07, 6.45) is 7.17. The minimum atomic E-state index is -0.194. The summed E-state index contributed by atoms with van der Waals surface area (Å²) < 4.78 is 5.14. The Hall–Kier alpha value is -3.74. The van der Waals surface area contributed by atoms with Crippen LogP contribution in [0.1, 0.15) is 21.8 Å². The van der Waals surface area contributed by atoms with E-state index < -0.39 is 0 Å². The Labute approximate surface area is 161 Å². The van der Waals surface area contributed by atoms with Crippen molar-refractivity contribution in [3.05, 3.63) is 78.3 Å². The first kappa shape index (κ1) is 16.4. The Morgan fingerprint density at radius 1 is 1.11 bits per heavy atom. The van der Waals surface area contributed by atoms with Gasteiger partial charge in [0.05, 0.1) is 23.6 Å². The van der Waals surface area contributed by atoms with Gasteiger partial charge in [0.15, 0.2) is 0 Å². The maximum absolute atomic E-state index is 12.5. The summed E-state index contributed by atoms with van der Waals surface area (Å²) in [6.45, 7) is 1.09. The Bertz CT molecular complexity index is 1160. The summed E-state index contributed by atoms with van der Waals surface area (Å²) in [4.78, 5) is 27.2. The van der Waals surface area contributed by atoms with Gasteiger partial charge in [0.1, 0.15) is 12.1 Å². The lowest BCUT2D eigenvalue weighted by molar-refractivity contribution is 0.0694. The summed E-state index contributed by atoms with van der Waals surface area (Å²) in [5.41, 5.74) is 4.03. The predicted molar refractivity (Wildman–Crippen MR) is 104 cm³/mol. The minimum absolute atomic E-state index is 0.123. The van der Waals surface area contributed by atoms with Gasteiger partial charge in [0, 0.05) is 30.2 Å². The van der Waals surface area contributed by atoms with Crippen LogP contribution in [0, 0.1) is 0 Å². The van der Waals surface area contributed by atoms with Gasteiger partial charge in [0.25, 0.3) is 5.89 Å². The third-order valence-corrected chi connectivity index (χ3v) is 4.90. The minimum Gasteiger partial charge on any atom is -0.441 e. The molecule has 0 fully saturated rings. The van der Waals surface area contributed by atoms with Crippen LogP contribution < -0.4 is 5.32 Å². The fourth-order valence-corrected chi connectivity index (χ4v) is 3.51. The number of hydrogen-bond donors (Lipinski definition) is 1. The van der Waals surface area contributed by atoms with Crippen LogP contribution in [0.3, 0.4) is 0 Å². The van der Waals surface area contributed by atoms with E-state index in [4.69, 9.17) is 4.42 Å². The number of nitrogens with zero attached hydrogens (tertiary/aromatic N) is 4. The van der Waals surface area contributed by atoms with Crippen molar-refractivity contribution in [2.45, 2.75) is 13.0 Å².